The third-order valence-corrected chi connectivity index (χ3v) is 4.32. The molecule has 1 aromatic heterocycles. The van der Waals surface area contributed by atoms with Gasteiger partial charge < -0.3 is 0 Å². The molecule has 0 N–H and O–H groups in total. The molecule has 2 aromatic rings. The fourth-order valence-corrected chi connectivity index (χ4v) is 3.62. The van der Waals surface area contributed by atoms with Gasteiger partial charge in [0, 0.05) is 0 Å². The maximum atomic E-state index is 13.3. The molecule has 0 radical (unpaired) electrons. The van der Waals surface area contributed by atoms with Crippen molar-refractivity contribution < 1.29 is 4.39 Å². The number of fused-ring (bicyclic) bond motifs is 1. The molecule has 1 aromatic carbocycles. The molecule has 0 amide bonds. The minimum atomic E-state index is -0.192. The number of nitrogens with zero attached hydrogens (tertiary/aromatic N) is 2. The number of benzene rings is 1. The van der Waals surface area contributed by atoms with Crippen LogP contribution in [-0.2, 0) is 0 Å². The lowest BCUT2D eigenvalue weighted by atomic mass is 10.2. The summed E-state index contributed by atoms with van der Waals surface area (Å²) < 4.78 is 15.9. The Labute approximate surface area is 103 Å². The lowest BCUT2D eigenvalue weighted by Crippen LogP contribution is -1.82. The van der Waals surface area contributed by atoms with Crippen LogP contribution >= 0.6 is 51.0 Å². The second kappa shape index (κ2) is 3.94. The van der Waals surface area contributed by atoms with Gasteiger partial charge in [0.25, 0.3) is 0 Å². The smallest absolute Gasteiger partial charge is 0.135 e. The normalized spacial score (nSPS) is 11.9. The second-order valence-electron chi connectivity index (χ2n) is 2.42. The molecule has 1 heterocycles. The van der Waals surface area contributed by atoms with Gasteiger partial charge in [0.05, 0.1) is 17.3 Å². The van der Waals surface area contributed by atoms with Crippen molar-refractivity contribution in [2.75, 3.05) is 0 Å². The summed E-state index contributed by atoms with van der Waals surface area (Å²) in [6, 6.07) is 5.06. The average molecular weight is 420 g/mol. The number of hydrogen-bond acceptors (Lipinski definition) is 1. The summed E-state index contributed by atoms with van der Waals surface area (Å²) in [5.41, 5.74) is 0.872. The average Bonchev–Trinajstić information content (AvgIpc) is 2.44. The molecule has 1 atom stereocenters. The van der Waals surface area contributed by atoms with Gasteiger partial charge in [-0.1, -0.05) is 6.07 Å². The Morgan fingerprint density at radius 2 is 2.23 bits per heavy atom. The van der Waals surface area contributed by atoms with Crippen LogP contribution in [-0.4, -0.2) is 9.55 Å². The van der Waals surface area contributed by atoms with E-state index in [2.05, 4.69) is 49.7 Å². The molecule has 2 nitrogen and oxygen atoms in total. The molecule has 0 saturated heterocycles. The molecule has 0 saturated carbocycles. The van der Waals surface area contributed by atoms with Crippen molar-refractivity contribution in [2.24, 2.45) is 0 Å². The molecule has 0 aliphatic heterocycles. The summed E-state index contributed by atoms with van der Waals surface area (Å²) in [6.45, 7) is 0. The van der Waals surface area contributed by atoms with E-state index in [4.69, 9.17) is 0 Å². The molecule has 13 heavy (non-hydrogen) atoms. The lowest BCUT2D eigenvalue weighted by Gasteiger charge is -1.95. The Kier molecular flexibility index (Phi) is 3.04. The van der Waals surface area contributed by atoms with Crippen LogP contribution in [0.4, 0.5) is 4.39 Å². The van der Waals surface area contributed by atoms with E-state index in [-0.39, 0.29) is 5.82 Å². The number of halogens is 3. The van der Waals surface area contributed by atoms with Gasteiger partial charge in [0.2, 0.25) is 0 Å². The van der Waals surface area contributed by atoms with Crippen LogP contribution in [0.25, 0.3) is 10.9 Å². The van der Waals surface area contributed by atoms with E-state index in [1.54, 1.807) is 6.07 Å². The summed E-state index contributed by atoms with van der Waals surface area (Å²) in [4.78, 5) is 0. The van der Waals surface area contributed by atoms with E-state index < -0.39 is 0 Å². The summed E-state index contributed by atoms with van der Waals surface area (Å²) in [7, 11) is 0. The first-order chi connectivity index (χ1) is 6.24. The van der Waals surface area contributed by atoms with E-state index in [1.165, 1.54) is 6.07 Å². The Hall–Kier alpha value is 0.510. The molecule has 0 aliphatic carbocycles. The number of hydrogen-bond donors (Lipinski definition) is 0. The van der Waals surface area contributed by atoms with Gasteiger partial charge in [0.1, 0.15) is 9.52 Å². The number of aromatic nitrogens is 2. The summed E-state index contributed by atoms with van der Waals surface area (Å²) in [5.74, 6) is -0.192. The first-order valence-corrected chi connectivity index (χ1v) is 8.57. The van der Waals surface area contributed by atoms with Gasteiger partial charge in [-0.2, -0.15) is 5.10 Å². The first-order valence-electron chi connectivity index (χ1n) is 3.43. The predicted molar refractivity (Wildman–Crippen MR) is 70.1 cm³/mol. The van der Waals surface area contributed by atoms with Gasteiger partial charge in [-0.05, 0) is 56.8 Å². The summed E-state index contributed by atoms with van der Waals surface area (Å²) in [6.07, 6.45) is 0.505. The number of rotatable bonds is 1. The maximum Gasteiger partial charge on any atom is 0.135 e. The van der Waals surface area contributed by atoms with Crippen LogP contribution < -0.4 is 0 Å². The monoisotopic (exact) mass is 420 g/mol. The zero-order valence-corrected chi connectivity index (χ0v) is 11.6. The third kappa shape index (κ3) is 1.70. The molecule has 0 fully saturated rings. The third-order valence-electron chi connectivity index (χ3n) is 1.69. The van der Waals surface area contributed by atoms with Crippen molar-refractivity contribution >= 4 is 61.9 Å². The molecular formula is C7H4FI2N2P. The highest BCUT2D eigenvalue weighted by molar-refractivity contribution is 14.2. The van der Waals surface area contributed by atoms with Crippen molar-refractivity contribution in [3.8, 4) is 0 Å². The molecule has 0 spiro atoms. The predicted octanol–water partition coefficient (Wildman–Crippen LogP) is 3.57. The Balaban J connectivity index is 2.87. The van der Waals surface area contributed by atoms with Crippen LogP contribution in [0.3, 0.4) is 0 Å². The maximum absolute atomic E-state index is 13.3. The van der Waals surface area contributed by atoms with Crippen LogP contribution in [0.5, 0.6) is 0 Å². The Bertz CT molecular complexity index is 457. The fourth-order valence-electron chi connectivity index (χ4n) is 1.15. The SMILES string of the molecule is Fc1cccc2c1c(I)nn2PI. The first kappa shape index (κ1) is 10.0. The molecule has 0 bridgehead atoms. The highest BCUT2D eigenvalue weighted by Gasteiger charge is 2.10. The quantitative estimate of drug-likeness (QED) is 0.510. The highest BCUT2D eigenvalue weighted by Crippen LogP contribution is 2.31. The molecule has 6 heteroatoms. The molecule has 68 valence electrons. The van der Waals surface area contributed by atoms with E-state index in [1.807, 2.05) is 10.5 Å². The van der Waals surface area contributed by atoms with Crippen LogP contribution in [0, 0.1) is 9.52 Å². The van der Waals surface area contributed by atoms with Gasteiger partial charge in [-0.15, -0.1) is 0 Å². The van der Waals surface area contributed by atoms with Crippen LogP contribution in [0.15, 0.2) is 18.2 Å². The van der Waals surface area contributed by atoms with Crippen molar-refractivity contribution in [1.82, 2.24) is 9.55 Å². The zero-order chi connectivity index (χ0) is 9.42. The van der Waals surface area contributed by atoms with Crippen molar-refractivity contribution in [3.05, 3.63) is 27.7 Å². The van der Waals surface area contributed by atoms with E-state index in [9.17, 15) is 4.39 Å². The largest absolute Gasteiger partial charge is 0.236 e. The van der Waals surface area contributed by atoms with Gasteiger partial charge in [-0.3, -0.25) is 0 Å². The molecular weight excluding hydrogens is 416 g/mol. The standard InChI is InChI=1S/C7H4FI2N2P/c8-4-2-1-3-5-6(4)7(9)11-12(5)13-10/h1-3,13H. The summed E-state index contributed by atoms with van der Waals surface area (Å²) in [5, 5.41) is 4.87. The van der Waals surface area contributed by atoms with Crippen molar-refractivity contribution in [1.29, 1.82) is 0 Å². The fraction of sp³-hybridized carbons (Fsp3) is 0. The topological polar surface area (TPSA) is 17.8 Å². The van der Waals surface area contributed by atoms with E-state index in [0.29, 0.717) is 11.8 Å². The van der Waals surface area contributed by atoms with Gasteiger partial charge >= 0.3 is 0 Å². The Morgan fingerprint density at radius 1 is 1.46 bits per heavy atom. The lowest BCUT2D eigenvalue weighted by molar-refractivity contribution is 0.639. The van der Waals surface area contributed by atoms with Gasteiger partial charge in [0.15, 0.2) is 0 Å². The Morgan fingerprint density at radius 3 is 2.92 bits per heavy atom. The zero-order valence-electron chi connectivity index (χ0n) is 6.26. The van der Waals surface area contributed by atoms with Gasteiger partial charge in [-0.25, -0.2) is 8.84 Å². The minimum Gasteiger partial charge on any atom is -0.236 e. The molecule has 2 rings (SSSR count). The molecule has 1 unspecified atom stereocenters. The van der Waals surface area contributed by atoms with E-state index >= 15 is 0 Å². The summed E-state index contributed by atoms with van der Waals surface area (Å²) >= 11 is 4.29. The van der Waals surface area contributed by atoms with Crippen molar-refractivity contribution in [2.45, 2.75) is 0 Å². The highest BCUT2D eigenvalue weighted by atomic mass is 127. The van der Waals surface area contributed by atoms with Crippen LogP contribution in [0.1, 0.15) is 0 Å². The minimum absolute atomic E-state index is 0.192. The van der Waals surface area contributed by atoms with Crippen molar-refractivity contribution in [3.63, 3.8) is 0 Å². The molecule has 0 aliphatic rings. The second-order valence-corrected chi connectivity index (χ2v) is 5.48. The van der Waals surface area contributed by atoms with Crippen LogP contribution in [0.2, 0.25) is 0 Å². The van der Waals surface area contributed by atoms with E-state index in [0.717, 1.165) is 9.22 Å².